The van der Waals surface area contributed by atoms with Crippen LogP contribution in [0, 0.1) is 0 Å². The summed E-state index contributed by atoms with van der Waals surface area (Å²) in [5.41, 5.74) is 1.50. The fourth-order valence-electron chi connectivity index (χ4n) is 2.01. The lowest BCUT2D eigenvalue weighted by Crippen LogP contribution is -2.27. The molecule has 0 saturated carbocycles. The minimum Gasteiger partial charge on any atom is -0.326 e. The van der Waals surface area contributed by atoms with Crippen molar-refractivity contribution in [1.82, 2.24) is 0 Å². The third kappa shape index (κ3) is 4.28. The van der Waals surface area contributed by atoms with Crippen molar-refractivity contribution in [3.05, 3.63) is 24.3 Å². The summed E-state index contributed by atoms with van der Waals surface area (Å²) in [6.45, 7) is 1.47. The van der Waals surface area contributed by atoms with Crippen molar-refractivity contribution in [2.75, 3.05) is 16.4 Å². The van der Waals surface area contributed by atoms with Gasteiger partial charge >= 0.3 is 0 Å². The van der Waals surface area contributed by atoms with E-state index in [1.54, 1.807) is 36.0 Å². The highest BCUT2D eigenvalue weighted by molar-refractivity contribution is 8.00. The van der Waals surface area contributed by atoms with Gasteiger partial charge in [0.05, 0.1) is 5.25 Å². The molecular formula is C14H18N2O2S. The highest BCUT2D eigenvalue weighted by atomic mass is 32.2. The Hall–Kier alpha value is -1.49. The van der Waals surface area contributed by atoms with Crippen LogP contribution in [0.1, 0.15) is 26.2 Å². The largest absolute Gasteiger partial charge is 0.326 e. The van der Waals surface area contributed by atoms with Gasteiger partial charge in [-0.25, -0.2) is 0 Å². The number of amides is 2. The van der Waals surface area contributed by atoms with E-state index < -0.39 is 0 Å². The van der Waals surface area contributed by atoms with Crippen molar-refractivity contribution in [1.29, 1.82) is 0 Å². The summed E-state index contributed by atoms with van der Waals surface area (Å²) >= 11 is 1.73. The monoisotopic (exact) mass is 278 g/mol. The standard InChI is InChI=1S/C14H18N2O2S/c1-10(17)15-11-5-7-12(8-6-11)16-14(18)13-4-2-3-9-19-13/h5-8,13H,2-4,9H2,1H3,(H,15,17)(H,16,18). The van der Waals surface area contributed by atoms with E-state index in [-0.39, 0.29) is 17.1 Å². The van der Waals surface area contributed by atoms with Gasteiger partial charge in [-0.15, -0.1) is 11.8 Å². The van der Waals surface area contributed by atoms with Gasteiger partial charge in [-0.05, 0) is 42.9 Å². The Kier molecular flexibility index (Phi) is 4.85. The average Bonchev–Trinajstić information content (AvgIpc) is 2.41. The summed E-state index contributed by atoms with van der Waals surface area (Å²) in [6.07, 6.45) is 3.30. The van der Waals surface area contributed by atoms with E-state index in [0.29, 0.717) is 0 Å². The van der Waals surface area contributed by atoms with Crippen LogP contribution >= 0.6 is 11.8 Å². The van der Waals surface area contributed by atoms with Crippen molar-refractivity contribution < 1.29 is 9.59 Å². The van der Waals surface area contributed by atoms with Gasteiger partial charge in [-0.1, -0.05) is 6.42 Å². The molecule has 1 aromatic carbocycles. The average molecular weight is 278 g/mol. The molecule has 102 valence electrons. The summed E-state index contributed by atoms with van der Waals surface area (Å²) in [4.78, 5) is 22.9. The fraction of sp³-hybridized carbons (Fsp3) is 0.429. The molecule has 0 aliphatic carbocycles. The van der Waals surface area contributed by atoms with Crippen LogP contribution in [0.15, 0.2) is 24.3 Å². The molecule has 5 heteroatoms. The van der Waals surface area contributed by atoms with Crippen LogP contribution in [-0.2, 0) is 9.59 Å². The first-order chi connectivity index (χ1) is 9.15. The number of benzene rings is 1. The zero-order chi connectivity index (χ0) is 13.7. The molecular weight excluding hydrogens is 260 g/mol. The van der Waals surface area contributed by atoms with Crippen LogP contribution in [0.25, 0.3) is 0 Å². The predicted octanol–water partition coefficient (Wildman–Crippen LogP) is 2.87. The molecule has 2 rings (SSSR count). The molecule has 4 nitrogen and oxygen atoms in total. The maximum Gasteiger partial charge on any atom is 0.237 e. The molecule has 1 aliphatic rings. The van der Waals surface area contributed by atoms with Crippen LogP contribution in [0.2, 0.25) is 0 Å². The molecule has 0 bridgehead atoms. The van der Waals surface area contributed by atoms with Crippen LogP contribution in [0.5, 0.6) is 0 Å². The maximum atomic E-state index is 12.0. The van der Waals surface area contributed by atoms with Crippen molar-refractivity contribution >= 4 is 35.0 Å². The van der Waals surface area contributed by atoms with E-state index >= 15 is 0 Å². The Morgan fingerprint density at radius 3 is 2.26 bits per heavy atom. The second kappa shape index (κ2) is 6.61. The second-order valence-corrected chi connectivity index (χ2v) is 5.91. The smallest absolute Gasteiger partial charge is 0.237 e. The summed E-state index contributed by atoms with van der Waals surface area (Å²) in [5, 5.41) is 5.69. The molecule has 1 heterocycles. The Bertz CT molecular complexity index is 453. The first-order valence-corrected chi connectivity index (χ1v) is 7.50. The van der Waals surface area contributed by atoms with Gasteiger partial charge in [0.2, 0.25) is 11.8 Å². The summed E-state index contributed by atoms with van der Waals surface area (Å²) in [7, 11) is 0. The fourth-order valence-corrected chi connectivity index (χ4v) is 3.21. The van der Waals surface area contributed by atoms with Crippen LogP contribution in [-0.4, -0.2) is 22.8 Å². The quantitative estimate of drug-likeness (QED) is 0.894. The van der Waals surface area contributed by atoms with Crippen LogP contribution < -0.4 is 10.6 Å². The van der Waals surface area contributed by atoms with E-state index in [1.807, 2.05) is 0 Å². The van der Waals surface area contributed by atoms with E-state index in [1.165, 1.54) is 13.3 Å². The molecule has 0 radical (unpaired) electrons. The number of carbonyl (C=O) groups excluding carboxylic acids is 2. The highest BCUT2D eigenvalue weighted by Gasteiger charge is 2.21. The van der Waals surface area contributed by atoms with E-state index in [9.17, 15) is 9.59 Å². The molecule has 0 aromatic heterocycles. The third-order valence-corrected chi connectivity index (χ3v) is 4.32. The normalized spacial score (nSPS) is 18.7. The Labute approximate surface area is 117 Å². The third-order valence-electron chi connectivity index (χ3n) is 2.94. The number of anilines is 2. The van der Waals surface area contributed by atoms with Crippen molar-refractivity contribution in [2.24, 2.45) is 0 Å². The molecule has 1 unspecified atom stereocenters. The number of nitrogens with one attached hydrogen (secondary N) is 2. The first-order valence-electron chi connectivity index (χ1n) is 6.45. The number of hydrogen-bond acceptors (Lipinski definition) is 3. The molecule has 19 heavy (non-hydrogen) atoms. The Morgan fingerprint density at radius 1 is 1.11 bits per heavy atom. The second-order valence-electron chi connectivity index (χ2n) is 4.60. The SMILES string of the molecule is CC(=O)Nc1ccc(NC(=O)C2CCCCS2)cc1. The van der Waals surface area contributed by atoms with Crippen LogP contribution in [0.3, 0.4) is 0 Å². The topological polar surface area (TPSA) is 58.2 Å². The number of rotatable bonds is 3. The molecule has 1 atom stereocenters. The molecule has 0 spiro atoms. The van der Waals surface area contributed by atoms with Gasteiger partial charge in [0.25, 0.3) is 0 Å². The van der Waals surface area contributed by atoms with Gasteiger partial charge in [-0.3, -0.25) is 9.59 Å². The zero-order valence-corrected chi connectivity index (χ0v) is 11.8. The van der Waals surface area contributed by atoms with Crippen LogP contribution in [0.4, 0.5) is 11.4 Å². The van der Waals surface area contributed by atoms with Crippen molar-refractivity contribution in [2.45, 2.75) is 31.4 Å². The minimum atomic E-state index is -0.101. The molecule has 1 aromatic rings. The summed E-state index contributed by atoms with van der Waals surface area (Å²) in [5.74, 6) is 1.05. The highest BCUT2D eigenvalue weighted by Crippen LogP contribution is 2.26. The number of thioether (sulfide) groups is 1. The zero-order valence-electron chi connectivity index (χ0n) is 10.9. The number of hydrogen-bond donors (Lipinski definition) is 2. The van der Waals surface area contributed by atoms with Gasteiger partial charge in [0.1, 0.15) is 0 Å². The lowest BCUT2D eigenvalue weighted by atomic mass is 10.2. The van der Waals surface area contributed by atoms with E-state index in [4.69, 9.17) is 0 Å². The van der Waals surface area contributed by atoms with Gasteiger partial charge in [0, 0.05) is 18.3 Å². The minimum absolute atomic E-state index is 0.0729. The van der Waals surface area contributed by atoms with Crippen molar-refractivity contribution in [3.8, 4) is 0 Å². The maximum absolute atomic E-state index is 12.0. The number of carbonyl (C=O) groups is 2. The van der Waals surface area contributed by atoms with Gasteiger partial charge < -0.3 is 10.6 Å². The molecule has 1 fully saturated rings. The first kappa shape index (κ1) is 13.9. The molecule has 2 amide bonds. The van der Waals surface area contributed by atoms with Crippen molar-refractivity contribution in [3.63, 3.8) is 0 Å². The molecule has 1 saturated heterocycles. The van der Waals surface area contributed by atoms with E-state index in [2.05, 4.69) is 10.6 Å². The van der Waals surface area contributed by atoms with Gasteiger partial charge in [0.15, 0.2) is 0 Å². The molecule has 1 aliphatic heterocycles. The summed E-state index contributed by atoms with van der Waals surface area (Å²) < 4.78 is 0. The Balaban J connectivity index is 1.91. The van der Waals surface area contributed by atoms with E-state index in [0.717, 1.165) is 30.0 Å². The Morgan fingerprint density at radius 2 is 1.74 bits per heavy atom. The molecule has 2 N–H and O–H groups in total. The lowest BCUT2D eigenvalue weighted by Gasteiger charge is -2.20. The summed E-state index contributed by atoms with van der Waals surface area (Å²) in [6, 6.07) is 7.17. The van der Waals surface area contributed by atoms with Gasteiger partial charge in [-0.2, -0.15) is 0 Å². The predicted molar refractivity (Wildman–Crippen MR) is 79.5 cm³/mol. The lowest BCUT2D eigenvalue weighted by molar-refractivity contribution is -0.116.